The van der Waals surface area contributed by atoms with Crippen LogP contribution in [-0.4, -0.2) is 0 Å². The van der Waals surface area contributed by atoms with E-state index in [9.17, 15) is 0 Å². The van der Waals surface area contributed by atoms with E-state index in [-0.39, 0.29) is 5.41 Å². The molecule has 4 aliphatic carbocycles. The first-order valence-electron chi connectivity index (χ1n) is 7.62. The van der Waals surface area contributed by atoms with Crippen LogP contribution in [0, 0.1) is 29.1 Å². The fourth-order valence-corrected chi connectivity index (χ4v) is 5.72. The Morgan fingerprint density at radius 3 is 1.94 bits per heavy atom. The molecule has 0 saturated heterocycles. The minimum Gasteiger partial charge on any atom is -0.0990 e. The Morgan fingerprint density at radius 2 is 1.56 bits per heavy atom. The third-order valence-corrected chi connectivity index (χ3v) is 6.22. The lowest BCUT2D eigenvalue weighted by Crippen LogP contribution is -2.54. The van der Waals surface area contributed by atoms with E-state index in [4.69, 9.17) is 0 Å². The lowest BCUT2D eigenvalue weighted by Gasteiger charge is -2.62. The molecule has 0 radical (unpaired) electrons. The number of rotatable bonds is 4. The van der Waals surface area contributed by atoms with Gasteiger partial charge in [-0.25, -0.2) is 0 Å². The van der Waals surface area contributed by atoms with Crippen molar-refractivity contribution < 1.29 is 0 Å². The lowest BCUT2D eigenvalue weighted by atomic mass is 9.42. The van der Waals surface area contributed by atoms with Crippen molar-refractivity contribution in [1.82, 2.24) is 0 Å². The van der Waals surface area contributed by atoms with E-state index in [1.165, 1.54) is 43.3 Å². The molecule has 4 saturated carbocycles. The molecule has 4 rings (SSSR count). The van der Waals surface area contributed by atoms with Crippen molar-refractivity contribution in [2.75, 3.05) is 0 Å². The summed E-state index contributed by atoms with van der Waals surface area (Å²) in [7, 11) is 0. The first kappa shape index (κ1) is 12.3. The fraction of sp³-hybridized carbons (Fsp3) is 0.667. The molecule has 0 N–H and O–H groups in total. The maximum absolute atomic E-state index is 4.45. The Balaban J connectivity index is 2.06. The van der Waals surface area contributed by atoms with Crippen molar-refractivity contribution in [1.29, 1.82) is 0 Å². The fourth-order valence-electron chi connectivity index (χ4n) is 5.72. The molecule has 0 amide bonds. The smallest absolute Gasteiger partial charge is 0.0209 e. The zero-order valence-corrected chi connectivity index (χ0v) is 11.8. The van der Waals surface area contributed by atoms with E-state index in [2.05, 4.69) is 26.7 Å². The molecule has 0 nitrogen and oxygen atoms in total. The van der Waals surface area contributed by atoms with Crippen molar-refractivity contribution in [3.63, 3.8) is 0 Å². The number of hydrogen-bond acceptors (Lipinski definition) is 0. The van der Waals surface area contributed by atoms with Crippen LogP contribution in [0.5, 0.6) is 0 Å². The van der Waals surface area contributed by atoms with Gasteiger partial charge in [0.15, 0.2) is 0 Å². The predicted molar refractivity (Wildman–Crippen MR) is 78.2 cm³/mol. The van der Waals surface area contributed by atoms with E-state index in [0.717, 1.165) is 30.1 Å². The highest BCUT2D eigenvalue weighted by Gasteiger charge is 2.58. The van der Waals surface area contributed by atoms with Crippen molar-refractivity contribution in [2.24, 2.45) is 29.1 Å². The van der Waals surface area contributed by atoms with E-state index >= 15 is 0 Å². The van der Waals surface area contributed by atoms with Gasteiger partial charge in [0, 0.05) is 5.41 Å². The van der Waals surface area contributed by atoms with E-state index < -0.39 is 0 Å². The van der Waals surface area contributed by atoms with Gasteiger partial charge in [-0.3, -0.25) is 0 Å². The van der Waals surface area contributed by atoms with Crippen LogP contribution in [0.4, 0.5) is 0 Å². The van der Waals surface area contributed by atoms with Crippen LogP contribution in [0.2, 0.25) is 0 Å². The Kier molecular flexibility index (Phi) is 2.80. The molecule has 0 aromatic heterocycles. The predicted octanol–water partition coefficient (Wildman–Crippen LogP) is 5.14. The largest absolute Gasteiger partial charge is 0.0990 e. The molecule has 0 aromatic rings. The monoisotopic (exact) mass is 242 g/mol. The Labute approximate surface area is 112 Å². The molecular weight excluding hydrogens is 216 g/mol. The van der Waals surface area contributed by atoms with Crippen molar-refractivity contribution in [3.05, 3.63) is 37.0 Å². The lowest BCUT2D eigenvalue weighted by molar-refractivity contribution is -0.0662. The summed E-state index contributed by atoms with van der Waals surface area (Å²) >= 11 is 0. The second kappa shape index (κ2) is 4.11. The molecule has 0 aromatic carbocycles. The Morgan fingerprint density at radius 1 is 1.06 bits per heavy atom. The standard InChI is InChI=1S/C18H26/c1-5-12(3)18(13(4)6-2)16-8-14-7-15(10-16)11-17(18)9-14/h5,14-17H,1,3-4,6-11H2,2H3. The summed E-state index contributed by atoms with van der Waals surface area (Å²) in [6.07, 6.45) is 10.3. The van der Waals surface area contributed by atoms with Gasteiger partial charge in [0.25, 0.3) is 0 Å². The van der Waals surface area contributed by atoms with Gasteiger partial charge in [-0.15, -0.1) is 0 Å². The average Bonchev–Trinajstić information content (AvgIpc) is 2.37. The van der Waals surface area contributed by atoms with Crippen molar-refractivity contribution >= 4 is 0 Å². The molecule has 0 atom stereocenters. The minimum absolute atomic E-state index is 0.212. The maximum atomic E-state index is 4.45. The van der Waals surface area contributed by atoms with Crippen LogP contribution in [0.15, 0.2) is 37.0 Å². The second-order valence-electron chi connectivity index (χ2n) is 6.86. The van der Waals surface area contributed by atoms with Crippen LogP contribution in [-0.2, 0) is 0 Å². The SMILES string of the molecule is C=CC(=C)C1(C(=C)CC)C2CC3CC(C2)CC1C3. The normalized spacial score (nSPS) is 44.9. The summed E-state index contributed by atoms with van der Waals surface area (Å²) < 4.78 is 0. The third-order valence-electron chi connectivity index (χ3n) is 6.22. The first-order valence-corrected chi connectivity index (χ1v) is 7.62. The van der Waals surface area contributed by atoms with Gasteiger partial charge >= 0.3 is 0 Å². The van der Waals surface area contributed by atoms with Gasteiger partial charge in [0.1, 0.15) is 0 Å². The number of allylic oxidation sites excluding steroid dienone is 3. The Bertz CT molecular complexity index is 370. The van der Waals surface area contributed by atoms with E-state index in [1.807, 2.05) is 6.08 Å². The van der Waals surface area contributed by atoms with Gasteiger partial charge in [0.05, 0.1) is 0 Å². The van der Waals surface area contributed by atoms with Gasteiger partial charge in [0.2, 0.25) is 0 Å². The van der Waals surface area contributed by atoms with Gasteiger partial charge < -0.3 is 0 Å². The molecule has 4 fully saturated rings. The topological polar surface area (TPSA) is 0 Å². The summed E-state index contributed by atoms with van der Waals surface area (Å²) in [6, 6.07) is 0. The molecule has 0 heterocycles. The highest BCUT2D eigenvalue weighted by molar-refractivity contribution is 5.38. The summed E-state index contributed by atoms with van der Waals surface area (Å²) in [4.78, 5) is 0. The Hall–Kier alpha value is -0.780. The molecule has 0 spiro atoms. The van der Waals surface area contributed by atoms with Crippen LogP contribution in [0.3, 0.4) is 0 Å². The molecule has 0 heteroatoms. The van der Waals surface area contributed by atoms with Crippen molar-refractivity contribution in [2.45, 2.75) is 45.4 Å². The van der Waals surface area contributed by atoms with Crippen LogP contribution in [0.1, 0.15) is 45.4 Å². The molecule has 0 aliphatic heterocycles. The second-order valence-corrected chi connectivity index (χ2v) is 6.86. The highest BCUT2D eigenvalue weighted by atomic mass is 14.6. The van der Waals surface area contributed by atoms with Crippen LogP contribution < -0.4 is 0 Å². The van der Waals surface area contributed by atoms with Gasteiger partial charge in [-0.1, -0.05) is 38.3 Å². The van der Waals surface area contributed by atoms with E-state index in [0.29, 0.717) is 0 Å². The summed E-state index contributed by atoms with van der Waals surface area (Å²) in [5.74, 6) is 3.63. The zero-order valence-electron chi connectivity index (χ0n) is 11.8. The van der Waals surface area contributed by atoms with Gasteiger partial charge in [-0.05, 0) is 67.8 Å². The van der Waals surface area contributed by atoms with Crippen molar-refractivity contribution in [3.8, 4) is 0 Å². The average molecular weight is 242 g/mol. The molecule has 18 heavy (non-hydrogen) atoms. The third kappa shape index (κ3) is 1.38. The first-order chi connectivity index (χ1) is 8.62. The molecule has 0 unspecified atom stereocenters. The van der Waals surface area contributed by atoms with E-state index in [1.54, 1.807) is 0 Å². The van der Waals surface area contributed by atoms with Gasteiger partial charge in [-0.2, -0.15) is 0 Å². The molecule has 4 aliphatic rings. The summed E-state index contributed by atoms with van der Waals surface area (Å²) in [5, 5.41) is 0. The molecular formula is C18H26. The molecule has 98 valence electrons. The minimum atomic E-state index is 0.212. The maximum Gasteiger partial charge on any atom is 0.0209 e. The quantitative estimate of drug-likeness (QED) is 0.473. The van der Waals surface area contributed by atoms with Crippen LogP contribution in [0.25, 0.3) is 0 Å². The molecule has 4 bridgehead atoms. The summed E-state index contributed by atoms with van der Waals surface area (Å²) in [6.45, 7) is 15.1. The summed E-state index contributed by atoms with van der Waals surface area (Å²) in [5.41, 5.74) is 2.91. The highest BCUT2D eigenvalue weighted by Crippen LogP contribution is 2.67. The zero-order chi connectivity index (χ0) is 12.9. The number of hydrogen-bond donors (Lipinski definition) is 0. The van der Waals surface area contributed by atoms with Crippen LogP contribution >= 0.6 is 0 Å².